The molecule has 0 saturated carbocycles. The Hall–Kier alpha value is -1.44. The Morgan fingerprint density at radius 2 is 1.53 bits per heavy atom. The predicted molar refractivity (Wildman–Crippen MR) is 43.6 cm³/mol. The maximum atomic E-state index is 11.0. The van der Waals surface area contributed by atoms with Crippen molar-refractivity contribution in [3.8, 4) is 0 Å². The number of rotatable bonds is 7. The zero-order valence-electron chi connectivity index (χ0n) is 8.32. The average molecular weight is 267 g/mol. The molecule has 17 heavy (non-hydrogen) atoms. The van der Waals surface area contributed by atoms with E-state index in [9.17, 15) is 34.3 Å². The van der Waals surface area contributed by atoms with Gasteiger partial charge in [-0.25, -0.2) is 0 Å². The minimum Gasteiger partial charge on any atom is -0.550 e. The lowest BCUT2D eigenvalue weighted by Crippen LogP contribution is -2.51. The van der Waals surface area contributed by atoms with Crippen LogP contribution in [-0.2, 0) is 18.9 Å². The van der Waals surface area contributed by atoms with Crippen molar-refractivity contribution in [2.24, 2.45) is 0 Å². The van der Waals surface area contributed by atoms with Gasteiger partial charge in [0, 0.05) is 18.4 Å². The Balaban J connectivity index is 5.41. The lowest BCUT2D eigenvalue weighted by molar-refractivity contribution is -0.320. The molecule has 0 rings (SSSR count). The van der Waals surface area contributed by atoms with Crippen molar-refractivity contribution >= 4 is 25.5 Å². The zero-order chi connectivity index (χ0) is 13.9. The van der Waals surface area contributed by atoms with Gasteiger partial charge in [-0.2, -0.15) is 0 Å². The maximum Gasteiger partial charge on any atom is 0.337 e. The first kappa shape index (κ1) is 15.6. The number of hydrogen-bond donors (Lipinski definition) is 2. The number of hydrogen-bond acceptors (Lipinski definition) is 7. The van der Waals surface area contributed by atoms with E-state index in [1.807, 2.05) is 0 Å². The predicted octanol–water partition coefficient (Wildman–Crippen LogP) is -4.68. The number of carboxylic acid groups (broad SMARTS) is 3. The Morgan fingerprint density at radius 1 is 1.06 bits per heavy atom. The van der Waals surface area contributed by atoms with Crippen LogP contribution >= 0.6 is 7.60 Å². The molecule has 0 heterocycles. The zero-order valence-corrected chi connectivity index (χ0v) is 9.22. The molecule has 2 N–H and O–H groups in total. The van der Waals surface area contributed by atoms with Crippen LogP contribution in [0.1, 0.15) is 19.3 Å². The lowest BCUT2D eigenvalue weighted by Gasteiger charge is -2.35. The standard InChI is InChI=1S/C7H11O9P/c8-4(9)1-2-7(6(12)13,3-5(10)11)17(14,15)16/h1-3H2,(H,8,9)(H,10,11)(H,12,13)(H2,14,15,16)/p-3. The molecule has 1 atom stereocenters. The van der Waals surface area contributed by atoms with Gasteiger partial charge in [-0.1, -0.05) is 0 Å². The first-order valence-electron chi connectivity index (χ1n) is 4.20. The molecule has 0 aliphatic rings. The summed E-state index contributed by atoms with van der Waals surface area (Å²) in [5, 5.41) is 28.0. The van der Waals surface area contributed by atoms with E-state index in [1.165, 1.54) is 0 Å². The largest absolute Gasteiger partial charge is 0.550 e. The topological polar surface area (TPSA) is 178 Å². The van der Waals surface area contributed by atoms with Crippen molar-refractivity contribution in [2.75, 3.05) is 0 Å². The first-order chi connectivity index (χ1) is 7.53. The van der Waals surface area contributed by atoms with E-state index in [0.717, 1.165) is 0 Å². The van der Waals surface area contributed by atoms with E-state index >= 15 is 0 Å². The highest BCUT2D eigenvalue weighted by atomic mass is 31.2. The Kier molecular flexibility index (Phi) is 4.81. The van der Waals surface area contributed by atoms with Gasteiger partial charge >= 0.3 is 7.60 Å². The van der Waals surface area contributed by atoms with Gasteiger partial charge in [0.2, 0.25) is 0 Å². The van der Waals surface area contributed by atoms with E-state index in [-0.39, 0.29) is 0 Å². The third-order valence-electron chi connectivity index (χ3n) is 2.12. The summed E-state index contributed by atoms with van der Waals surface area (Å²) in [6.07, 6.45) is -3.71. The monoisotopic (exact) mass is 267 g/mol. The highest BCUT2D eigenvalue weighted by Gasteiger charge is 2.48. The van der Waals surface area contributed by atoms with Crippen LogP contribution in [0.25, 0.3) is 0 Å². The fraction of sp³-hybridized carbons (Fsp3) is 0.571. The molecule has 0 spiro atoms. The van der Waals surface area contributed by atoms with E-state index in [2.05, 4.69) is 0 Å². The van der Waals surface area contributed by atoms with Gasteiger partial charge in [-0.3, -0.25) is 4.57 Å². The second kappa shape index (κ2) is 5.26. The maximum absolute atomic E-state index is 11.0. The second-order valence-corrected chi connectivity index (χ2v) is 5.23. The minimum atomic E-state index is -5.45. The van der Waals surface area contributed by atoms with Gasteiger partial charge in [0.15, 0.2) is 0 Å². The van der Waals surface area contributed by atoms with Crippen molar-refractivity contribution in [3.63, 3.8) is 0 Å². The fourth-order valence-corrected chi connectivity index (χ4v) is 2.15. The average Bonchev–Trinajstić information content (AvgIpc) is 2.08. The summed E-state index contributed by atoms with van der Waals surface area (Å²) in [5.41, 5.74) is 0. The quantitative estimate of drug-likeness (QED) is 0.428. The van der Waals surface area contributed by atoms with Gasteiger partial charge in [-0.05, 0) is 12.8 Å². The second-order valence-electron chi connectivity index (χ2n) is 3.28. The molecule has 0 aliphatic heterocycles. The summed E-state index contributed by atoms with van der Waals surface area (Å²) in [6, 6.07) is 0. The number of carboxylic acids is 3. The van der Waals surface area contributed by atoms with Crippen molar-refractivity contribution in [1.82, 2.24) is 0 Å². The van der Waals surface area contributed by atoms with Crippen LogP contribution in [0, 0.1) is 0 Å². The molecule has 0 bridgehead atoms. The van der Waals surface area contributed by atoms with Gasteiger partial charge in [0.1, 0.15) is 5.16 Å². The summed E-state index contributed by atoms with van der Waals surface area (Å²) >= 11 is 0. The molecule has 0 fully saturated rings. The molecule has 9 nitrogen and oxygen atoms in total. The van der Waals surface area contributed by atoms with Crippen LogP contribution in [0.3, 0.4) is 0 Å². The van der Waals surface area contributed by atoms with E-state index in [1.54, 1.807) is 0 Å². The Bertz CT molecular complexity index is 383. The van der Waals surface area contributed by atoms with Crippen LogP contribution in [0.2, 0.25) is 0 Å². The van der Waals surface area contributed by atoms with Crippen LogP contribution in [0.15, 0.2) is 0 Å². The molecule has 98 valence electrons. The Labute approximate surface area is 94.8 Å². The smallest absolute Gasteiger partial charge is 0.337 e. The SMILES string of the molecule is O=C([O-])CCC(CC(=O)[O-])(C(=O)[O-])P(=O)(O)O. The summed E-state index contributed by atoms with van der Waals surface area (Å²) < 4.78 is 11.0. The molecule has 1 unspecified atom stereocenters. The van der Waals surface area contributed by atoms with Gasteiger partial charge in [-0.15, -0.1) is 0 Å². The van der Waals surface area contributed by atoms with Crippen molar-refractivity contribution in [1.29, 1.82) is 0 Å². The van der Waals surface area contributed by atoms with Crippen LogP contribution < -0.4 is 15.3 Å². The molecule has 10 heteroatoms. The van der Waals surface area contributed by atoms with Gasteiger partial charge in [0.05, 0.1) is 5.97 Å². The molecule has 0 amide bonds. The van der Waals surface area contributed by atoms with Gasteiger partial charge in [0.25, 0.3) is 0 Å². The minimum absolute atomic E-state index is 1.04. The third kappa shape index (κ3) is 3.81. The summed E-state index contributed by atoms with van der Waals surface area (Å²) in [4.78, 5) is 48.8. The third-order valence-corrected chi connectivity index (χ3v) is 3.80. The molecule has 0 aromatic rings. The normalized spacial score (nSPS) is 14.9. The van der Waals surface area contributed by atoms with Crippen molar-refractivity contribution in [3.05, 3.63) is 0 Å². The molecular weight excluding hydrogens is 259 g/mol. The van der Waals surface area contributed by atoms with E-state index in [0.29, 0.717) is 0 Å². The molecule has 0 saturated heterocycles. The molecule has 0 radical (unpaired) electrons. The van der Waals surface area contributed by atoms with E-state index in [4.69, 9.17) is 9.79 Å². The highest BCUT2D eigenvalue weighted by molar-refractivity contribution is 7.54. The molecular formula is C7H8O9P-3. The van der Waals surface area contributed by atoms with Crippen LogP contribution in [0.4, 0.5) is 0 Å². The summed E-state index contributed by atoms with van der Waals surface area (Å²) in [6.45, 7) is 0. The fourth-order valence-electron chi connectivity index (χ4n) is 1.18. The first-order valence-corrected chi connectivity index (χ1v) is 5.81. The number of aliphatic carboxylic acids is 3. The number of carbonyl (C=O) groups is 3. The van der Waals surface area contributed by atoms with Crippen molar-refractivity contribution < 1.29 is 44.1 Å². The molecule has 0 aromatic heterocycles. The number of carbonyl (C=O) groups excluding carboxylic acids is 3. The highest BCUT2D eigenvalue weighted by Crippen LogP contribution is 2.54. The van der Waals surface area contributed by atoms with Crippen LogP contribution in [0.5, 0.6) is 0 Å². The summed E-state index contributed by atoms with van der Waals surface area (Å²) in [7, 11) is -5.45. The molecule has 0 aromatic carbocycles. The Morgan fingerprint density at radius 3 is 1.76 bits per heavy atom. The van der Waals surface area contributed by atoms with Crippen LogP contribution in [-0.4, -0.2) is 32.9 Å². The van der Waals surface area contributed by atoms with E-state index < -0.39 is 49.9 Å². The van der Waals surface area contributed by atoms with Crippen molar-refractivity contribution in [2.45, 2.75) is 24.4 Å². The van der Waals surface area contributed by atoms with Gasteiger partial charge < -0.3 is 39.5 Å². The molecule has 0 aliphatic carbocycles. The summed E-state index contributed by atoms with van der Waals surface area (Å²) in [5.74, 6) is -6.17. The lowest BCUT2D eigenvalue weighted by atomic mass is 9.98.